The molecule has 1 heterocycles. The molecular weight excluding hydrogens is 326 g/mol. The second-order valence-corrected chi connectivity index (χ2v) is 6.94. The second kappa shape index (κ2) is 7.36. The summed E-state index contributed by atoms with van der Waals surface area (Å²) in [5.41, 5.74) is 6.54. The van der Waals surface area contributed by atoms with E-state index in [2.05, 4.69) is 10.6 Å². The Hall–Kier alpha value is -1.85. The van der Waals surface area contributed by atoms with Crippen molar-refractivity contribution in [3.8, 4) is 0 Å². The van der Waals surface area contributed by atoms with Crippen molar-refractivity contribution in [3.63, 3.8) is 0 Å². The fraction of sp³-hybridized carbons (Fsp3) is 0.444. The van der Waals surface area contributed by atoms with Gasteiger partial charge in [0.15, 0.2) is 0 Å². The molecule has 1 fully saturated rings. The average molecular weight is 347 g/mol. The van der Waals surface area contributed by atoms with Gasteiger partial charge in [-0.3, -0.25) is 9.59 Å². The molecule has 2 amide bonds. The van der Waals surface area contributed by atoms with Gasteiger partial charge in [-0.05, 0) is 29.7 Å². The molecular formula is C18H21ClN3O2. The lowest BCUT2D eigenvalue weighted by Gasteiger charge is -2.24. The zero-order valence-corrected chi connectivity index (χ0v) is 14.2. The van der Waals surface area contributed by atoms with Crippen LogP contribution in [0.5, 0.6) is 0 Å². The van der Waals surface area contributed by atoms with Crippen LogP contribution in [0.15, 0.2) is 12.1 Å². The fourth-order valence-corrected chi connectivity index (χ4v) is 3.58. The predicted molar refractivity (Wildman–Crippen MR) is 94.6 cm³/mol. The second-order valence-electron chi connectivity index (χ2n) is 6.54. The van der Waals surface area contributed by atoms with Crippen molar-refractivity contribution in [2.45, 2.75) is 44.6 Å². The molecule has 1 aromatic rings. The van der Waals surface area contributed by atoms with Gasteiger partial charge in [-0.25, -0.2) is 5.32 Å². The number of nitrogens with two attached hydrogens (primary N) is 1. The Labute approximate surface area is 145 Å². The Bertz CT molecular complexity index is 769. The Morgan fingerprint density at radius 3 is 2.79 bits per heavy atom. The molecule has 3 N–H and O–H groups in total. The number of carbonyl (C=O) groups excluding carboxylic acids is 2. The summed E-state index contributed by atoms with van der Waals surface area (Å²) in [7, 11) is 0. The highest BCUT2D eigenvalue weighted by molar-refractivity contribution is 6.33. The third-order valence-electron chi connectivity index (χ3n) is 4.69. The Balaban J connectivity index is 1.71. The Kier molecular flexibility index (Phi) is 5.21. The van der Waals surface area contributed by atoms with Crippen molar-refractivity contribution in [1.82, 2.24) is 5.32 Å². The predicted octanol–water partition coefficient (Wildman–Crippen LogP) is 1.24. The van der Waals surface area contributed by atoms with E-state index in [1.165, 1.54) is 31.5 Å². The molecule has 1 atom stereocenters. The van der Waals surface area contributed by atoms with Gasteiger partial charge >= 0.3 is 0 Å². The molecule has 0 spiro atoms. The zero-order valence-electron chi connectivity index (χ0n) is 13.4. The minimum atomic E-state index is -0.549. The molecule has 0 bridgehead atoms. The number of fused-ring (bicyclic) bond motifs is 1. The van der Waals surface area contributed by atoms with Gasteiger partial charge in [0, 0.05) is 17.5 Å². The van der Waals surface area contributed by atoms with Crippen LogP contribution in [0, 0.1) is 5.92 Å². The van der Waals surface area contributed by atoms with Crippen molar-refractivity contribution in [3.05, 3.63) is 27.6 Å². The summed E-state index contributed by atoms with van der Waals surface area (Å²) in [6.45, 7) is 0. The third-order valence-corrected chi connectivity index (χ3v) is 5.00. The molecule has 0 unspecified atom stereocenters. The number of hydrogen-bond donors (Lipinski definition) is 2. The van der Waals surface area contributed by atoms with Crippen LogP contribution in [0.4, 0.5) is 5.69 Å². The molecule has 1 aliphatic carbocycles. The van der Waals surface area contributed by atoms with Crippen molar-refractivity contribution >= 4 is 41.4 Å². The average Bonchev–Trinajstić information content (AvgIpc) is 2.56. The van der Waals surface area contributed by atoms with E-state index >= 15 is 0 Å². The number of rotatable bonds is 4. The highest BCUT2D eigenvalue weighted by Crippen LogP contribution is 2.27. The molecule has 2 aliphatic rings. The Morgan fingerprint density at radius 1 is 1.29 bits per heavy atom. The van der Waals surface area contributed by atoms with E-state index in [1.54, 1.807) is 12.1 Å². The van der Waals surface area contributed by atoms with Crippen LogP contribution >= 0.6 is 11.6 Å². The van der Waals surface area contributed by atoms with Crippen LogP contribution in [-0.4, -0.2) is 17.9 Å². The molecule has 1 aromatic carbocycles. The normalized spacial score (nSPS) is 18.7. The van der Waals surface area contributed by atoms with Gasteiger partial charge in [-0.15, -0.1) is 0 Å². The van der Waals surface area contributed by atoms with E-state index in [4.69, 9.17) is 17.3 Å². The first kappa shape index (κ1) is 17.0. The van der Waals surface area contributed by atoms with Gasteiger partial charge in [0.05, 0.1) is 16.8 Å². The first-order valence-electron chi connectivity index (χ1n) is 8.35. The molecule has 24 heavy (non-hydrogen) atoms. The van der Waals surface area contributed by atoms with Crippen molar-refractivity contribution < 1.29 is 9.59 Å². The smallest absolute Gasteiger partial charge is 0.270 e. The highest BCUT2D eigenvalue weighted by Gasteiger charge is 2.22. The van der Waals surface area contributed by atoms with E-state index < -0.39 is 6.04 Å². The number of hydrogen-bond acceptors (Lipinski definition) is 3. The maximum absolute atomic E-state index is 12.4. The van der Waals surface area contributed by atoms with Crippen molar-refractivity contribution in [2.75, 3.05) is 5.32 Å². The van der Waals surface area contributed by atoms with Crippen molar-refractivity contribution in [1.29, 1.82) is 0 Å². The summed E-state index contributed by atoms with van der Waals surface area (Å²) in [4.78, 5) is 23.8. The molecule has 1 saturated carbocycles. The monoisotopic (exact) mass is 346 g/mol. The van der Waals surface area contributed by atoms with E-state index in [0.717, 1.165) is 18.1 Å². The maximum Gasteiger partial charge on any atom is 0.270 e. The summed E-state index contributed by atoms with van der Waals surface area (Å²) in [5, 5.41) is 8.35. The number of amides is 2. The van der Waals surface area contributed by atoms with Gasteiger partial charge in [0.25, 0.3) is 5.91 Å². The van der Waals surface area contributed by atoms with E-state index in [0.29, 0.717) is 28.3 Å². The van der Waals surface area contributed by atoms with E-state index in [9.17, 15) is 9.59 Å². The summed E-state index contributed by atoms with van der Waals surface area (Å²) in [6.07, 6.45) is 9.62. The minimum absolute atomic E-state index is 0.238. The van der Waals surface area contributed by atoms with Gasteiger partial charge in [0.1, 0.15) is 0 Å². The van der Waals surface area contributed by atoms with Crippen LogP contribution in [0.3, 0.4) is 0 Å². The first-order valence-corrected chi connectivity index (χ1v) is 8.73. The SMILES string of the molecule is N[C@@H](CC1CCCCC1)C(=O)Nc1cc2c(cc1Cl)=C[N]C(=O)C=2. The molecule has 0 aromatic heterocycles. The molecule has 0 saturated heterocycles. The lowest BCUT2D eigenvalue weighted by Crippen LogP contribution is -2.38. The van der Waals surface area contributed by atoms with E-state index in [1.807, 2.05) is 0 Å². The number of carbonyl (C=O) groups is 2. The first-order chi connectivity index (χ1) is 11.5. The number of anilines is 1. The van der Waals surface area contributed by atoms with Gasteiger partial charge < -0.3 is 11.1 Å². The Morgan fingerprint density at radius 2 is 2.04 bits per heavy atom. The lowest BCUT2D eigenvalue weighted by atomic mass is 9.85. The van der Waals surface area contributed by atoms with Crippen LogP contribution in [0.25, 0.3) is 12.3 Å². The van der Waals surface area contributed by atoms with Gasteiger partial charge in [-0.2, -0.15) is 0 Å². The fourth-order valence-electron chi connectivity index (χ4n) is 3.36. The zero-order chi connectivity index (χ0) is 17.1. The number of nitrogens with zero attached hydrogens (tertiary/aromatic N) is 1. The van der Waals surface area contributed by atoms with Crippen molar-refractivity contribution in [2.24, 2.45) is 11.7 Å². The summed E-state index contributed by atoms with van der Waals surface area (Å²) >= 11 is 6.22. The topological polar surface area (TPSA) is 86.3 Å². The number of benzene rings is 1. The molecule has 5 nitrogen and oxygen atoms in total. The van der Waals surface area contributed by atoms with Crippen LogP contribution in [-0.2, 0) is 9.59 Å². The van der Waals surface area contributed by atoms with Gasteiger partial charge in [-0.1, -0.05) is 43.7 Å². The van der Waals surface area contributed by atoms with Gasteiger partial charge in [0.2, 0.25) is 5.91 Å². The van der Waals surface area contributed by atoms with Crippen LogP contribution < -0.4 is 26.8 Å². The highest BCUT2D eigenvalue weighted by atomic mass is 35.5. The standard InChI is InChI=1S/C18H21ClN3O2/c19-14-7-13-10-21-17(23)9-12(13)8-16(14)22-18(24)15(20)6-11-4-2-1-3-5-11/h7-11,15H,1-6,20H2,(H,22,24)/t15-/m0/s1. The summed E-state index contributed by atoms with van der Waals surface area (Å²) in [6, 6.07) is 2.82. The quantitative estimate of drug-likeness (QED) is 0.860. The van der Waals surface area contributed by atoms with Crippen LogP contribution in [0.1, 0.15) is 38.5 Å². The molecule has 1 aliphatic heterocycles. The molecule has 6 heteroatoms. The van der Waals surface area contributed by atoms with Crippen LogP contribution in [0.2, 0.25) is 5.02 Å². The maximum atomic E-state index is 12.4. The minimum Gasteiger partial charge on any atom is -0.323 e. The number of halogens is 1. The molecule has 3 rings (SSSR count). The third kappa shape index (κ3) is 3.97. The van der Waals surface area contributed by atoms with E-state index in [-0.39, 0.29) is 11.8 Å². The lowest BCUT2D eigenvalue weighted by molar-refractivity contribution is -0.118. The summed E-state index contributed by atoms with van der Waals surface area (Å²) < 4.78 is 0. The molecule has 127 valence electrons. The largest absolute Gasteiger partial charge is 0.323 e. The molecule has 1 radical (unpaired) electrons. The number of nitrogens with one attached hydrogen (secondary N) is 1. The summed E-state index contributed by atoms with van der Waals surface area (Å²) in [5.74, 6) is -0.0324.